The van der Waals surface area contributed by atoms with Gasteiger partial charge in [-0.05, 0) is 17.7 Å². The van der Waals surface area contributed by atoms with Crippen molar-refractivity contribution in [2.24, 2.45) is 0 Å². The summed E-state index contributed by atoms with van der Waals surface area (Å²) in [6, 6.07) is 8.63. The Morgan fingerprint density at radius 2 is 2.05 bits per heavy atom. The van der Waals surface area contributed by atoms with Gasteiger partial charge in [0, 0.05) is 18.1 Å². The highest BCUT2D eigenvalue weighted by Gasteiger charge is 2.24. The number of H-pyrrole nitrogens is 1. The Balaban J connectivity index is 2.29. The Morgan fingerprint density at radius 3 is 2.63 bits per heavy atom. The lowest BCUT2D eigenvalue weighted by Crippen LogP contribution is -2.30. The Morgan fingerprint density at radius 1 is 1.32 bits per heavy atom. The topological polar surface area (TPSA) is 66.1 Å². The van der Waals surface area contributed by atoms with Crippen molar-refractivity contribution >= 4 is 21.6 Å². The largest absolute Gasteiger partial charge is 0.266 e. The van der Waals surface area contributed by atoms with Crippen molar-refractivity contribution in [1.29, 1.82) is 0 Å². The van der Waals surface area contributed by atoms with E-state index in [0.717, 1.165) is 5.56 Å². The van der Waals surface area contributed by atoms with Crippen LogP contribution in [0.1, 0.15) is 12.5 Å². The summed E-state index contributed by atoms with van der Waals surface area (Å²) >= 11 is 6.06. The monoisotopic (exact) mass is 299 g/mol. The number of hydrogen-bond acceptors (Lipinski definition) is 3. The number of hydrogen-bond donors (Lipinski definition) is 1. The van der Waals surface area contributed by atoms with E-state index in [0.29, 0.717) is 11.6 Å². The molecule has 0 atom stereocenters. The van der Waals surface area contributed by atoms with Crippen molar-refractivity contribution in [2.45, 2.75) is 18.5 Å². The normalized spacial score (nSPS) is 11.9. The molecular formula is C12H14ClN3O2S. The average molecular weight is 300 g/mol. The van der Waals surface area contributed by atoms with Crippen molar-refractivity contribution in [3.63, 3.8) is 0 Å². The maximum Gasteiger partial charge on any atom is 0.260 e. The highest BCUT2D eigenvalue weighted by molar-refractivity contribution is 7.89. The molecule has 0 aliphatic rings. The summed E-state index contributed by atoms with van der Waals surface area (Å²) in [6.07, 6.45) is 1.41. The lowest BCUT2D eigenvalue weighted by molar-refractivity contribution is 0.421. The molecule has 2 rings (SSSR count). The standard InChI is InChI=1S/C12H14ClN3O2S/c1-2-16(9-10-5-3-4-6-11(10)13)19(17,18)12-7-8-14-15-12/h3-8H,2,9H2,1H3,(H,14,15). The van der Waals surface area contributed by atoms with Crippen molar-refractivity contribution in [3.05, 3.63) is 47.1 Å². The van der Waals surface area contributed by atoms with Crippen LogP contribution >= 0.6 is 11.6 Å². The van der Waals surface area contributed by atoms with Crippen molar-refractivity contribution < 1.29 is 8.42 Å². The molecular weight excluding hydrogens is 286 g/mol. The van der Waals surface area contributed by atoms with Gasteiger partial charge in [-0.1, -0.05) is 36.7 Å². The van der Waals surface area contributed by atoms with Crippen LogP contribution in [0, 0.1) is 0 Å². The first-order chi connectivity index (χ1) is 9.05. The molecule has 0 amide bonds. The van der Waals surface area contributed by atoms with Gasteiger partial charge in [-0.15, -0.1) is 0 Å². The third-order valence-electron chi connectivity index (χ3n) is 2.75. The fraction of sp³-hybridized carbons (Fsp3) is 0.250. The van der Waals surface area contributed by atoms with Crippen molar-refractivity contribution in [2.75, 3.05) is 6.54 Å². The summed E-state index contributed by atoms with van der Waals surface area (Å²) in [6.45, 7) is 2.37. The van der Waals surface area contributed by atoms with E-state index in [4.69, 9.17) is 11.6 Å². The zero-order valence-electron chi connectivity index (χ0n) is 10.4. The zero-order valence-corrected chi connectivity index (χ0v) is 11.9. The predicted octanol–water partition coefficient (Wildman–Crippen LogP) is 2.27. The SMILES string of the molecule is CCN(Cc1ccccc1Cl)S(=O)(=O)c1ccn[nH]1. The highest BCUT2D eigenvalue weighted by Crippen LogP contribution is 2.20. The molecule has 1 heterocycles. The molecule has 5 nitrogen and oxygen atoms in total. The van der Waals surface area contributed by atoms with E-state index < -0.39 is 10.0 Å². The molecule has 0 unspecified atom stereocenters. The van der Waals surface area contributed by atoms with Crippen LogP contribution in [0.2, 0.25) is 5.02 Å². The van der Waals surface area contributed by atoms with Crippen LogP contribution < -0.4 is 0 Å². The van der Waals surface area contributed by atoms with Gasteiger partial charge >= 0.3 is 0 Å². The van der Waals surface area contributed by atoms with E-state index in [2.05, 4.69) is 10.2 Å². The Bertz CT molecular complexity index is 641. The summed E-state index contributed by atoms with van der Waals surface area (Å²) in [5, 5.41) is 6.79. The molecule has 0 saturated heterocycles. The zero-order chi connectivity index (χ0) is 13.9. The van der Waals surface area contributed by atoms with Gasteiger partial charge in [-0.3, -0.25) is 5.10 Å². The van der Waals surface area contributed by atoms with Gasteiger partial charge in [0.05, 0.1) is 6.20 Å². The Kier molecular flexibility index (Phi) is 4.24. The van der Waals surface area contributed by atoms with Crippen LogP contribution in [-0.4, -0.2) is 29.5 Å². The smallest absolute Gasteiger partial charge is 0.260 e. The van der Waals surface area contributed by atoms with E-state index in [9.17, 15) is 8.42 Å². The molecule has 19 heavy (non-hydrogen) atoms. The van der Waals surface area contributed by atoms with Crippen LogP contribution in [0.5, 0.6) is 0 Å². The minimum Gasteiger partial charge on any atom is -0.266 e. The van der Waals surface area contributed by atoms with E-state index in [1.165, 1.54) is 16.6 Å². The number of halogens is 1. The minimum atomic E-state index is -3.57. The summed E-state index contributed by atoms with van der Waals surface area (Å²) in [5.41, 5.74) is 0.772. The maximum absolute atomic E-state index is 12.4. The number of sulfonamides is 1. The molecule has 1 aromatic heterocycles. The van der Waals surface area contributed by atoms with Gasteiger partial charge in [-0.2, -0.15) is 9.40 Å². The number of nitrogens with one attached hydrogen (secondary N) is 1. The fourth-order valence-electron chi connectivity index (χ4n) is 1.71. The maximum atomic E-state index is 12.4. The first-order valence-electron chi connectivity index (χ1n) is 5.78. The van der Waals surface area contributed by atoms with Gasteiger partial charge in [-0.25, -0.2) is 8.42 Å². The summed E-state index contributed by atoms with van der Waals surface area (Å²) in [7, 11) is -3.57. The molecule has 0 bridgehead atoms. The number of aromatic nitrogens is 2. The third-order valence-corrected chi connectivity index (χ3v) is 4.97. The van der Waals surface area contributed by atoms with Crippen LogP contribution in [0.3, 0.4) is 0 Å². The Hall–Kier alpha value is -1.37. The summed E-state index contributed by atoms with van der Waals surface area (Å²) in [4.78, 5) is 0. The lowest BCUT2D eigenvalue weighted by Gasteiger charge is -2.20. The van der Waals surface area contributed by atoms with Crippen LogP contribution in [-0.2, 0) is 16.6 Å². The second kappa shape index (κ2) is 5.73. The molecule has 0 fully saturated rings. The second-order valence-corrected chi connectivity index (χ2v) is 6.26. The molecule has 102 valence electrons. The number of aromatic amines is 1. The molecule has 0 saturated carbocycles. The first kappa shape index (κ1) is 14.0. The molecule has 0 radical (unpaired) electrons. The molecule has 1 N–H and O–H groups in total. The van der Waals surface area contributed by atoms with Gasteiger partial charge in [0.15, 0.2) is 5.03 Å². The predicted molar refractivity (Wildman–Crippen MR) is 73.3 cm³/mol. The molecule has 1 aromatic carbocycles. The van der Waals surface area contributed by atoms with E-state index >= 15 is 0 Å². The third kappa shape index (κ3) is 2.97. The van der Waals surface area contributed by atoms with Crippen molar-refractivity contribution in [3.8, 4) is 0 Å². The van der Waals surface area contributed by atoms with Gasteiger partial charge in [0.2, 0.25) is 0 Å². The van der Waals surface area contributed by atoms with E-state index in [1.54, 1.807) is 13.0 Å². The van der Waals surface area contributed by atoms with Crippen LogP contribution in [0.25, 0.3) is 0 Å². The second-order valence-electron chi connectivity index (χ2n) is 3.94. The molecule has 2 aromatic rings. The number of rotatable bonds is 5. The average Bonchev–Trinajstić information content (AvgIpc) is 2.92. The van der Waals surface area contributed by atoms with Crippen molar-refractivity contribution in [1.82, 2.24) is 14.5 Å². The first-order valence-corrected chi connectivity index (χ1v) is 7.60. The fourth-order valence-corrected chi connectivity index (χ4v) is 3.23. The molecule has 0 aliphatic heterocycles. The Labute approximate surface area is 117 Å². The van der Waals surface area contributed by atoms with E-state index in [1.807, 2.05) is 18.2 Å². The molecule has 0 spiro atoms. The van der Waals surface area contributed by atoms with Gasteiger partial charge in [0.1, 0.15) is 0 Å². The van der Waals surface area contributed by atoms with Crippen LogP contribution in [0.15, 0.2) is 41.6 Å². The van der Waals surface area contributed by atoms with Gasteiger partial charge < -0.3 is 0 Å². The summed E-state index contributed by atoms with van der Waals surface area (Å²) in [5.74, 6) is 0. The summed E-state index contributed by atoms with van der Waals surface area (Å²) < 4.78 is 26.1. The lowest BCUT2D eigenvalue weighted by atomic mass is 10.2. The highest BCUT2D eigenvalue weighted by atomic mass is 35.5. The minimum absolute atomic E-state index is 0.0846. The van der Waals surface area contributed by atoms with E-state index in [-0.39, 0.29) is 11.6 Å². The number of nitrogens with zero attached hydrogens (tertiary/aromatic N) is 2. The van der Waals surface area contributed by atoms with Gasteiger partial charge in [0.25, 0.3) is 10.0 Å². The molecule has 7 heteroatoms. The number of benzene rings is 1. The quantitative estimate of drug-likeness (QED) is 0.921. The molecule has 0 aliphatic carbocycles. The van der Waals surface area contributed by atoms with Crippen LogP contribution in [0.4, 0.5) is 0 Å².